The molecule has 7 heteroatoms. The zero-order chi connectivity index (χ0) is 20.4. The van der Waals surface area contributed by atoms with E-state index in [1.165, 1.54) is 4.90 Å². The highest BCUT2D eigenvalue weighted by Crippen LogP contribution is 2.27. The van der Waals surface area contributed by atoms with Gasteiger partial charge >= 0.3 is 0 Å². The van der Waals surface area contributed by atoms with Crippen LogP contribution in [0.5, 0.6) is 0 Å². The third-order valence-corrected chi connectivity index (χ3v) is 5.61. The van der Waals surface area contributed by atoms with E-state index >= 15 is 0 Å². The Labute approximate surface area is 169 Å². The Hall–Kier alpha value is -3.06. The molecule has 4 rings (SSSR count). The molecule has 1 saturated heterocycles. The summed E-state index contributed by atoms with van der Waals surface area (Å²) >= 11 is 0. The van der Waals surface area contributed by atoms with Crippen LogP contribution in [-0.2, 0) is 6.54 Å². The van der Waals surface area contributed by atoms with E-state index in [4.69, 9.17) is 0 Å². The molecule has 0 aliphatic carbocycles. The summed E-state index contributed by atoms with van der Waals surface area (Å²) in [6.07, 6.45) is 5.33. The number of nitrogens with zero attached hydrogens (tertiary/aromatic N) is 3. The van der Waals surface area contributed by atoms with Gasteiger partial charge in [-0.05, 0) is 68.2 Å². The van der Waals surface area contributed by atoms with E-state index in [0.29, 0.717) is 29.2 Å². The lowest BCUT2D eigenvalue weighted by Crippen LogP contribution is -2.42. The zero-order valence-corrected chi connectivity index (χ0v) is 16.4. The Morgan fingerprint density at radius 3 is 2.66 bits per heavy atom. The number of hydrogen-bond acceptors (Lipinski definition) is 5. The molecular formula is C22H24N4O3. The number of aromatic nitrogens is 1. The van der Waals surface area contributed by atoms with Crippen LogP contribution >= 0.6 is 0 Å². The van der Waals surface area contributed by atoms with Gasteiger partial charge in [-0.3, -0.25) is 24.3 Å². The fourth-order valence-electron chi connectivity index (χ4n) is 4.13. The lowest BCUT2D eigenvalue weighted by atomic mass is 9.97. The van der Waals surface area contributed by atoms with Gasteiger partial charge in [-0.25, -0.2) is 0 Å². The van der Waals surface area contributed by atoms with Crippen LogP contribution in [0.15, 0.2) is 42.7 Å². The first kappa shape index (κ1) is 19.3. The van der Waals surface area contributed by atoms with Crippen LogP contribution < -0.4 is 5.32 Å². The minimum absolute atomic E-state index is 0.0820. The molecule has 1 N–H and O–H groups in total. The first-order valence-electron chi connectivity index (χ1n) is 9.91. The minimum Gasteiger partial charge on any atom is -0.338 e. The SMILES string of the molecule is CNCC1CCCN(C(=O)c2ccc3c(c2)C(=O)N(Cc2ccncc2)C3=O)C1. The standard InChI is InChI=1S/C22H24N4O3/c1-23-12-16-3-2-10-25(13-16)20(27)17-4-5-18-19(11-17)22(29)26(21(18)28)14-15-6-8-24-9-7-15/h4-9,11,16,23H,2-3,10,12-14H2,1H3. The molecule has 1 fully saturated rings. The van der Waals surface area contributed by atoms with Crippen molar-refractivity contribution in [1.29, 1.82) is 0 Å². The van der Waals surface area contributed by atoms with Crippen molar-refractivity contribution in [3.63, 3.8) is 0 Å². The average Bonchev–Trinajstić information content (AvgIpc) is 2.99. The van der Waals surface area contributed by atoms with E-state index in [2.05, 4.69) is 10.3 Å². The number of piperidine rings is 1. The first-order valence-corrected chi connectivity index (χ1v) is 9.91. The average molecular weight is 392 g/mol. The predicted octanol–water partition coefficient (Wildman–Crippen LogP) is 1.95. The number of hydrogen-bond donors (Lipinski definition) is 1. The van der Waals surface area contributed by atoms with Gasteiger partial charge in [-0.1, -0.05) is 0 Å². The van der Waals surface area contributed by atoms with E-state index in [-0.39, 0.29) is 24.3 Å². The summed E-state index contributed by atoms with van der Waals surface area (Å²) in [6, 6.07) is 8.38. The highest BCUT2D eigenvalue weighted by molar-refractivity contribution is 6.22. The summed E-state index contributed by atoms with van der Waals surface area (Å²) in [5, 5.41) is 3.18. The fraction of sp³-hybridized carbons (Fsp3) is 0.364. The van der Waals surface area contributed by atoms with Crippen molar-refractivity contribution in [3.05, 3.63) is 65.0 Å². The van der Waals surface area contributed by atoms with Crippen LogP contribution in [-0.4, -0.2) is 59.2 Å². The van der Waals surface area contributed by atoms with E-state index in [9.17, 15) is 14.4 Å². The van der Waals surface area contributed by atoms with Gasteiger partial charge < -0.3 is 10.2 Å². The smallest absolute Gasteiger partial charge is 0.261 e. The summed E-state index contributed by atoms with van der Waals surface area (Å²) in [5.74, 6) is -0.330. The van der Waals surface area contributed by atoms with Crippen molar-refractivity contribution in [3.8, 4) is 0 Å². The first-order chi connectivity index (χ1) is 14.1. The number of nitrogens with one attached hydrogen (secondary N) is 1. The summed E-state index contributed by atoms with van der Waals surface area (Å²) in [7, 11) is 1.92. The molecular weight excluding hydrogens is 368 g/mol. The van der Waals surface area contributed by atoms with Gasteiger partial charge in [-0.2, -0.15) is 0 Å². The number of carbonyl (C=O) groups is 3. The number of fused-ring (bicyclic) bond motifs is 1. The zero-order valence-electron chi connectivity index (χ0n) is 16.4. The molecule has 2 aliphatic rings. The largest absolute Gasteiger partial charge is 0.338 e. The summed E-state index contributed by atoms with van der Waals surface area (Å²) in [4.78, 5) is 45.6. The number of carbonyl (C=O) groups excluding carboxylic acids is 3. The quantitative estimate of drug-likeness (QED) is 0.787. The van der Waals surface area contributed by atoms with Crippen LogP contribution in [0.4, 0.5) is 0 Å². The van der Waals surface area contributed by atoms with Crippen LogP contribution in [0.1, 0.15) is 49.5 Å². The van der Waals surface area contributed by atoms with Gasteiger partial charge in [0.2, 0.25) is 0 Å². The Morgan fingerprint density at radius 1 is 1.14 bits per heavy atom. The third kappa shape index (κ3) is 3.78. The van der Waals surface area contributed by atoms with E-state index in [1.807, 2.05) is 11.9 Å². The molecule has 1 unspecified atom stereocenters. The van der Waals surface area contributed by atoms with E-state index < -0.39 is 0 Å². The van der Waals surface area contributed by atoms with Gasteiger partial charge in [0.05, 0.1) is 17.7 Å². The van der Waals surface area contributed by atoms with Crippen LogP contribution in [0.3, 0.4) is 0 Å². The Kier molecular flexibility index (Phi) is 5.40. The Balaban J connectivity index is 1.53. The third-order valence-electron chi connectivity index (χ3n) is 5.61. The molecule has 0 spiro atoms. The number of likely N-dealkylation sites (tertiary alicyclic amines) is 1. The van der Waals surface area contributed by atoms with Crippen molar-refractivity contribution < 1.29 is 14.4 Å². The summed E-state index contributed by atoms with van der Waals surface area (Å²) in [6.45, 7) is 2.50. The topological polar surface area (TPSA) is 82.6 Å². The maximum atomic E-state index is 13.0. The van der Waals surface area contributed by atoms with Crippen molar-refractivity contribution in [2.45, 2.75) is 19.4 Å². The predicted molar refractivity (Wildman–Crippen MR) is 107 cm³/mol. The van der Waals surface area contributed by atoms with Gasteiger partial charge in [0.1, 0.15) is 0 Å². The number of rotatable bonds is 5. The molecule has 2 aromatic rings. The highest BCUT2D eigenvalue weighted by Gasteiger charge is 2.36. The minimum atomic E-state index is -0.358. The Morgan fingerprint density at radius 2 is 1.90 bits per heavy atom. The van der Waals surface area contributed by atoms with Crippen LogP contribution in [0, 0.1) is 5.92 Å². The number of amides is 3. The lowest BCUT2D eigenvalue weighted by Gasteiger charge is -2.32. The molecule has 7 nitrogen and oxygen atoms in total. The molecule has 150 valence electrons. The molecule has 1 aromatic heterocycles. The van der Waals surface area contributed by atoms with Crippen LogP contribution in [0.2, 0.25) is 0 Å². The lowest BCUT2D eigenvalue weighted by molar-refractivity contribution is 0.0641. The summed E-state index contributed by atoms with van der Waals surface area (Å²) in [5.41, 5.74) is 1.95. The van der Waals surface area contributed by atoms with Gasteiger partial charge in [0.25, 0.3) is 17.7 Å². The molecule has 0 radical (unpaired) electrons. The second-order valence-electron chi connectivity index (χ2n) is 7.63. The highest BCUT2D eigenvalue weighted by atomic mass is 16.2. The fourth-order valence-corrected chi connectivity index (χ4v) is 4.13. The Bertz CT molecular complexity index is 942. The van der Waals surface area contributed by atoms with E-state index in [0.717, 1.165) is 31.5 Å². The van der Waals surface area contributed by atoms with Crippen molar-refractivity contribution >= 4 is 17.7 Å². The number of imide groups is 1. The molecule has 3 heterocycles. The molecule has 29 heavy (non-hydrogen) atoms. The van der Waals surface area contributed by atoms with Crippen LogP contribution in [0.25, 0.3) is 0 Å². The van der Waals surface area contributed by atoms with Gasteiger partial charge in [0, 0.05) is 31.0 Å². The molecule has 0 bridgehead atoms. The maximum Gasteiger partial charge on any atom is 0.261 e. The molecule has 2 aliphatic heterocycles. The van der Waals surface area contributed by atoms with Crippen molar-refractivity contribution in [1.82, 2.24) is 20.1 Å². The number of pyridine rings is 1. The monoisotopic (exact) mass is 392 g/mol. The van der Waals surface area contributed by atoms with Crippen molar-refractivity contribution in [2.24, 2.45) is 5.92 Å². The second kappa shape index (κ2) is 8.13. The number of benzene rings is 1. The maximum absolute atomic E-state index is 13.0. The molecule has 0 saturated carbocycles. The second-order valence-corrected chi connectivity index (χ2v) is 7.63. The van der Waals surface area contributed by atoms with Gasteiger partial charge in [-0.15, -0.1) is 0 Å². The summed E-state index contributed by atoms with van der Waals surface area (Å²) < 4.78 is 0. The van der Waals surface area contributed by atoms with E-state index in [1.54, 1.807) is 42.7 Å². The molecule has 1 atom stereocenters. The van der Waals surface area contributed by atoms with Gasteiger partial charge in [0.15, 0.2) is 0 Å². The van der Waals surface area contributed by atoms with Crippen molar-refractivity contribution in [2.75, 3.05) is 26.7 Å². The molecule has 1 aromatic carbocycles. The normalized spacial score (nSPS) is 18.9. The molecule has 3 amide bonds.